The molecule has 0 fully saturated rings. The van der Waals surface area contributed by atoms with E-state index in [1.807, 2.05) is 30.3 Å². The molecule has 0 saturated heterocycles. The van der Waals surface area contributed by atoms with Crippen LogP contribution in [0.5, 0.6) is 0 Å². The summed E-state index contributed by atoms with van der Waals surface area (Å²) in [6.07, 6.45) is 11.1. The van der Waals surface area contributed by atoms with Crippen LogP contribution in [0.4, 0.5) is 0 Å². The third-order valence-electron chi connectivity index (χ3n) is 6.51. The molecule has 0 heterocycles. The summed E-state index contributed by atoms with van der Waals surface area (Å²) in [5.41, 5.74) is -2.05. The summed E-state index contributed by atoms with van der Waals surface area (Å²) in [5, 5.41) is 0. The largest absolute Gasteiger partial charge is 0.461 e. The van der Waals surface area contributed by atoms with Gasteiger partial charge in [-0.25, -0.2) is 0 Å². The van der Waals surface area contributed by atoms with Crippen molar-refractivity contribution in [3.8, 4) is 0 Å². The van der Waals surface area contributed by atoms with Crippen LogP contribution in [0.2, 0.25) is 0 Å². The highest BCUT2D eigenvalue weighted by atomic mass is 16.6. The first kappa shape index (κ1) is 34.7. The highest BCUT2D eigenvalue weighted by molar-refractivity contribution is 6.00. The van der Waals surface area contributed by atoms with Gasteiger partial charge in [-0.3, -0.25) is 14.4 Å². The molecule has 0 aromatic heterocycles. The smallest absolute Gasteiger partial charge is 0.324 e. The van der Waals surface area contributed by atoms with Crippen LogP contribution in [0.3, 0.4) is 0 Å². The second-order valence-corrected chi connectivity index (χ2v) is 12.7. The molecular weight excluding hydrogens is 492 g/mol. The molecule has 6 heteroatoms. The first-order valence-electron chi connectivity index (χ1n) is 15.0. The molecule has 0 N–H and O–H groups in total. The molecule has 1 aromatic carbocycles. The van der Waals surface area contributed by atoms with Crippen LogP contribution in [0, 0.1) is 5.41 Å². The van der Waals surface area contributed by atoms with E-state index in [-0.39, 0.29) is 25.4 Å². The van der Waals surface area contributed by atoms with Gasteiger partial charge >= 0.3 is 17.9 Å². The van der Waals surface area contributed by atoms with Gasteiger partial charge in [0.1, 0.15) is 17.8 Å². The minimum Gasteiger partial charge on any atom is -0.461 e. The van der Waals surface area contributed by atoms with E-state index in [1.165, 1.54) is 32.1 Å². The summed E-state index contributed by atoms with van der Waals surface area (Å²) in [6, 6.07) is 9.49. The van der Waals surface area contributed by atoms with Crippen LogP contribution < -0.4 is 0 Å². The maximum absolute atomic E-state index is 13.6. The Morgan fingerprint density at radius 1 is 0.641 bits per heavy atom. The third kappa shape index (κ3) is 15.1. The van der Waals surface area contributed by atoms with Crippen molar-refractivity contribution in [2.24, 2.45) is 5.41 Å². The summed E-state index contributed by atoms with van der Waals surface area (Å²) < 4.78 is 17.0. The molecule has 6 nitrogen and oxygen atoms in total. The van der Waals surface area contributed by atoms with Gasteiger partial charge in [0.25, 0.3) is 0 Å². The summed E-state index contributed by atoms with van der Waals surface area (Å²) in [5.74, 6) is -1.49. The van der Waals surface area contributed by atoms with Crippen LogP contribution in [0.15, 0.2) is 30.3 Å². The van der Waals surface area contributed by atoms with Gasteiger partial charge in [0.05, 0.1) is 0 Å². The molecule has 222 valence electrons. The Kier molecular flexibility index (Phi) is 15.4. The Labute approximate surface area is 237 Å². The quantitative estimate of drug-likeness (QED) is 0.0795. The topological polar surface area (TPSA) is 78.9 Å². The summed E-state index contributed by atoms with van der Waals surface area (Å²) in [4.78, 5) is 39.7. The molecule has 0 unspecified atom stereocenters. The van der Waals surface area contributed by atoms with Gasteiger partial charge in [0.15, 0.2) is 5.41 Å². The molecule has 0 spiro atoms. The van der Waals surface area contributed by atoms with Gasteiger partial charge < -0.3 is 14.2 Å². The number of carbonyl (C=O) groups excluding carboxylic acids is 3. The number of rotatable bonds is 18. The number of carbonyl (C=O) groups is 3. The van der Waals surface area contributed by atoms with E-state index >= 15 is 0 Å². The molecule has 0 saturated carbocycles. The Balaban J connectivity index is 2.90. The molecule has 0 aliphatic carbocycles. The van der Waals surface area contributed by atoms with Gasteiger partial charge in [0, 0.05) is 6.42 Å². The highest BCUT2D eigenvalue weighted by Gasteiger charge is 2.50. The zero-order valence-corrected chi connectivity index (χ0v) is 25.7. The fourth-order valence-electron chi connectivity index (χ4n) is 4.45. The van der Waals surface area contributed by atoms with E-state index in [9.17, 15) is 14.4 Å². The second-order valence-electron chi connectivity index (χ2n) is 12.7. The van der Waals surface area contributed by atoms with Crippen LogP contribution >= 0.6 is 0 Å². The zero-order valence-electron chi connectivity index (χ0n) is 25.7. The minimum atomic E-state index is -1.46. The van der Waals surface area contributed by atoms with Crippen molar-refractivity contribution in [3.05, 3.63) is 35.9 Å². The lowest BCUT2D eigenvalue weighted by Crippen LogP contribution is -2.47. The first-order chi connectivity index (χ1) is 18.3. The normalized spacial score (nSPS) is 12.2. The van der Waals surface area contributed by atoms with Crippen molar-refractivity contribution >= 4 is 17.9 Å². The number of unbranched alkanes of at least 4 members (excludes halogenated alkanes) is 8. The Bertz CT molecular complexity index is 819. The van der Waals surface area contributed by atoms with Crippen molar-refractivity contribution in [1.29, 1.82) is 0 Å². The molecule has 0 radical (unpaired) electrons. The van der Waals surface area contributed by atoms with E-state index in [0.29, 0.717) is 19.3 Å². The predicted molar refractivity (Wildman–Crippen MR) is 156 cm³/mol. The monoisotopic (exact) mass is 546 g/mol. The first-order valence-corrected chi connectivity index (χ1v) is 15.0. The van der Waals surface area contributed by atoms with Gasteiger partial charge in [-0.05, 0) is 66.4 Å². The number of hydrogen-bond acceptors (Lipinski definition) is 6. The lowest BCUT2D eigenvalue weighted by Gasteiger charge is -2.35. The van der Waals surface area contributed by atoms with Crippen LogP contribution in [-0.2, 0) is 35.2 Å². The number of hydrogen-bond donors (Lipinski definition) is 0. The molecule has 0 atom stereocenters. The average Bonchev–Trinajstić information content (AvgIpc) is 2.83. The van der Waals surface area contributed by atoms with E-state index in [4.69, 9.17) is 14.2 Å². The Morgan fingerprint density at radius 3 is 1.59 bits per heavy atom. The van der Waals surface area contributed by atoms with Gasteiger partial charge in [-0.15, -0.1) is 0 Å². The van der Waals surface area contributed by atoms with Crippen molar-refractivity contribution in [2.75, 3.05) is 0 Å². The molecule has 0 amide bonds. The summed E-state index contributed by atoms with van der Waals surface area (Å²) in [7, 11) is 0. The third-order valence-corrected chi connectivity index (χ3v) is 6.51. The highest BCUT2D eigenvalue weighted by Crippen LogP contribution is 2.37. The summed E-state index contributed by atoms with van der Waals surface area (Å²) >= 11 is 0. The van der Waals surface area contributed by atoms with E-state index < -0.39 is 28.6 Å². The maximum Gasteiger partial charge on any atom is 0.324 e. The Morgan fingerprint density at radius 2 is 1.10 bits per heavy atom. The van der Waals surface area contributed by atoms with E-state index in [2.05, 4.69) is 6.92 Å². The van der Waals surface area contributed by atoms with Gasteiger partial charge in [-0.1, -0.05) is 95.0 Å². The van der Waals surface area contributed by atoms with Gasteiger partial charge in [0.2, 0.25) is 0 Å². The van der Waals surface area contributed by atoms with Crippen molar-refractivity contribution in [3.63, 3.8) is 0 Å². The lowest BCUT2D eigenvalue weighted by molar-refractivity contribution is -0.187. The van der Waals surface area contributed by atoms with Crippen LogP contribution in [-0.4, -0.2) is 29.1 Å². The van der Waals surface area contributed by atoms with E-state index in [0.717, 1.165) is 24.8 Å². The SMILES string of the molecule is CCCCCCCCCCCC(CCCC(=O)OCc1ccccc1)(C(=O)OC(C)(C)C)C(=O)OC(C)(C)C. The zero-order chi connectivity index (χ0) is 29.4. The molecule has 0 aliphatic heterocycles. The number of esters is 3. The fourth-order valence-corrected chi connectivity index (χ4v) is 4.45. The van der Waals surface area contributed by atoms with Crippen molar-refractivity contribution in [1.82, 2.24) is 0 Å². The number of benzene rings is 1. The van der Waals surface area contributed by atoms with Gasteiger partial charge in [-0.2, -0.15) is 0 Å². The van der Waals surface area contributed by atoms with Crippen molar-refractivity contribution < 1.29 is 28.6 Å². The minimum absolute atomic E-state index is 0.109. The maximum atomic E-state index is 13.6. The standard InChI is InChI=1S/C33H54O6/c1-8-9-10-11-12-13-14-15-19-24-33(29(35)38-31(2,3)4,30(36)39-32(5,6)7)25-20-23-28(34)37-26-27-21-17-16-18-22-27/h16-18,21-22H,8-15,19-20,23-26H2,1-7H3. The van der Waals surface area contributed by atoms with E-state index in [1.54, 1.807) is 41.5 Å². The second kappa shape index (κ2) is 17.3. The Hall–Kier alpha value is -2.37. The molecule has 0 aliphatic rings. The molecule has 1 aromatic rings. The lowest BCUT2D eigenvalue weighted by atomic mass is 9.77. The number of ether oxygens (including phenoxy) is 3. The fraction of sp³-hybridized carbons (Fsp3) is 0.727. The predicted octanol–water partition coefficient (Wildman–Crippen LogP) is 8.49. The molecule has 39 heavy (non-hydrogen) atoms. The average molecular weight is 547 g/mol. The van der Waals surface area contributed by atoms with Crippen LogP contribution in [0.25, 0.3) is 0 Å². The molecular formula is C33H54O6. The summed E-state index contributed by atoms with van der Waals surface area (Å²) in [6.45, 7) is 13.2. The van der Waals surface area contributed by atoms with Crippen LogP contribution in [0.1, 0.15) is 138 Å². The molecule has 0 bridgehead atoms. The van der Waals surface area contributed by atoms with Crippen molar-refractivity contribution in [2.45, 2.75) is 150 Å². The molecule has 1 rings (SSSR count).